The van der Waals surface area contributed by atoms with Gasteiger partial charge in [0.05, 0.1) is 15.7 Å². The molecule has 2 amide bonds. The van der Waals surface area contributed by atoms with Gasteiger partial charge in [0, 0.05) is 49.8 Å². The third-order valence-electron chi connectivity index (χ3n) is 8.59. The van der Waals surface area contributed by atoms with Gasteiger partial charge in [0.2, 0.25) is 5.91 Å². The zero-order valence-electron chi connectivity index (χ0n) is 27.2. The highest BCUT2D eigenvalue weighted by Gasteiger charge is 2.30. The average molecular weight is 693 g/mol. The lowest BCUT2D eigenvalue weighted by Gasteiger charge is -2.40. The number of unbranched alkanes of at least 4 members (excludes halogenated alkanes) is 3. The summed E-state index contributed by atoms with van der Waals surface area (Å²) in [7, 11) is 0. The molecule has 1 aromatic heterocycles. The normalized spacial score (nSPS) is 14.9. The van der Waals surface area contributed by atoms with Crippen LogP contribution < -0.4 is 0 Å². The van der Waals surface area contributed by atoms with Gasteiger partial charge >= 0.3 is 0 Å². The molecule has 0 spiro atoms. The van der Waals surface area contributed by atoms with Crippen molar-refractivity contribution in [3.05, 3.63) is 105 Å². The van der Waals surface area contributed by atoms with E-state index in [1.54, 1.807) is 17.8 Å². The summed E-state index contributed by atoms with van der Waals surface area (Å²) < 4.78 is 2.04. The van der Waals surface area contributed by atoms with Crippen LogP contribution in [-0.4, -0.2) is 67.8 Å². The predicted molar refractivity (Wildman–Crippen MR) is 192 cm³/mol. The predicted octanol–water partition coefficient (Wildman–Crippen LogP) is 8.53. The number of aryl methyl sites for hydroxylation is 1. The minimum absolute atomic E-state index is 0.0298. The van der Waals surface area contributed by atoms with Gasteiger partial charge < -0.3 is 9.80 Å². The molecule has 0 radical (unpaired) electrons. The maximum absolute atomic E-state index is 13.3. The van der Waals surface area contributed by atoms with Gasteiger partial charge in [-0.3, -0.25) is 14.2 Å². The first-order valence-corrected chi connectivity index (χ1v) is 18.3. The van der Waals surface area contributed by atoms with Crippen LogP contribution in [0, 0.1) is 0 Å². The molecule has 0 bridgehead atoms. The second kappa shape index (κ2) is 17.2. The third-order valence-corrected chi connectivity index (χ3v) is 10.3. The average Bonchev–Trinajstić information content (AvgIpc) is 3.48. The smallest absolute Gasteiger partial charge is 0.254 e. The lowest BCUT2D eigenvalue weighted by atomic mass is 10.0. The van der Waals surface area contributed by atoms with Gasteiger partial charge in [0.25, 0.3) is 5.91 Å². The van der Waals surface area contributed by atoms with E-state index in [0.29, 0.717) is 42.5 Å². The lowest BCUT2D eigenvalue weighted by molar-refractivity contribution is -0.133. The molecular formula is C37H43Cl2N5O2S. The summed E-state index contributed by atoms with van der Waals surface area (Å²) in [4.78, 5) is 30.2. The molecule has 47 heavy (non-hydrogen) atoms. The van der Waals surface area contributed by atoms with E-state index in [4.69, 9.17) is 23.2 Å². The molecule has 4 aromatic rings. The van der Waals surface area contributed by atoms with Gasteiger partial charge in [0.15, 0.2) is 5.16 Å². The summed E-state index contributed by atoms with van der Waals surface area (Å²) in [6.45, 7) is 5.91. The quantitative estimate of drug-likeness (QED) is 0.0979. The van der Waals surface area contributed by atoms with Gasteiger partial charge in [0.1, 0.15) is 5.82 Å². The highest BCUT2D eigenvalue weighted by atomic mass is 35.5. The molecule has 1 aliphatic heterocycles. The van der Waals surface area contributed by atoms with Crippen LogP contribution in [0.3, 0.4) is 0 Å². The molecule has 0 aliphatic carbocycles. The highest BCUT2D eigenvalue weighted by molar-refractivity contribution is 7.99. The number of benzene rings is 3. The number of amides is 2. The first-order chi connectivity index (χ1) is 22.8. The second-order valence-corrected chi connectivity index (χ2v) is 14.0. The molecule has 248 valence electrons. The molecule has 0 saturated carbocycles. The number of carbonyl (C=O) groups excluding carboxylic acids is 2. The number of piperazine rings is 1. The summed E-state index contributed by atoms with van der Waals surface area (Å²) in [6.07, 6.45) is 7.41. The zero-order valence-corrected chi connectivity index (χ0v) is 29.5. The fourth-order valence-electron chi connectivity index (χ4n) is 5.91. The zero-order chi connectivity index (χ0) is 33.2. The van der Waals surface area contributed by atoms with Gasteiger partial charge in [-0.05, 0) is 74.1 Å². The minimum atomic E-state index is -0.0298. The van der Waals surface area contributed by atoms with Crippen LogP contribution in [0.2, 0.25) is 10.0 Å². The van der Waals surface area contributed by atoms with E-state index in [2.05, 4.69) is 41.4 Å². The maximum atomic E-state index is 13.3. The summed E-state index contributed by atoms with van der Waals surface area (Å²) in [5.41, 5.74) is 4.00. The Hall–Kier alpha value is -3.33. The van der Waals surface area contributed by atoms with Gasteiger partial charge in [-0.2, -0.15) is 0 Å². The summed E-state index contributed by atoms with van der Waals surface area (Å²) in [5.74, 6) is 1.81. The van der Waals surface area contributed by atoms with Crippen molar-refractivity contribution in [2.24, 2.45) is 0 Å². The highest BCUT2D eigenvalue weighted by Crippen LogP contribution is 2.29. The molecule has 5 rings (SSSR count). The topological polar surface area (TPSA) is 71.3 Å². The lowest BCUT2D eigenvalue weighted by Crippen LogP contribution is -2.55. The molecule has 1 atom stereocenters. The van der Waals surface area contributed by atoms with E-state index in [1.165, 1.54) is 24.8 Å². The summed E-state index contributed by atoms with van der Waals surface area (Å²) >= 11 is 14.2. The van der Waals surface area contributed by atoms with Crippen molar-refractivity contribution in [3.63, 3.8) is 0 Å². The van der Waals surface area contributed by atoms with Crippen molar-refractivity contribution < 1.29 is 9.59 Å². The molecule has 1 unspecified atom stereocenters. The van der Waals surface area contributed by atoms with Crippen molar-refractivity contribution in [1.29, 1.82) is 0 Å². The Morgan fingerprint density at radius 2 is 1.66 bits per heavy atom. The van der Waals surface area contributed by atoms with Crippen molar-refractivity contribution in [1.82, 2.24) is 24.6 Å². The van der Waals surface area contributed by atoms with Crippen LogP contribution in [0.1, 0.15) is 79.7 Å². The van der Waals surface area contributed by atoms with Crippen molar-refractivity contribution in [2.75, 3.05) is 25.4 Å². The number of carbonyl (C=O) groups is 2. The molecule has 1 saturated heterocycles. The SMILES string of the molecule is CCCCCc1ccc(C(=O)N2CCN(C(=O)CCCCSc3nnc(Cc4ccccc4)n3-c3ccc(Cl)c(Cl)c3)CC2C)cc1. The third kappa shape index (κ3) is 9.40. The molecule has 3 aromatic carbocycles. The van der Waals surface area contributed by atoms with Crippen molar-refractivity contribution >= 4 is 46.8 Å². The van der Waals surface area contributed by atoms with Crippen LogP contribution in [0.5, 0.6) is 0 Å². The van der Waals surface area contributed by atoms with E-state index < -0.39 is 0 Å². The monoisotopic (exact) mass is 691 g/mol. The minimum Gasteiger partial charge on any atom is -0.339 e. The Labute approximate surface area is 292 Å². The molecule has 0 N–H and O–H groups in total. The maximum Gasteiger partial charge on any atom is 0.254 e. The van der Waals surface area contributed by atoms with Crippen LogP contribution in [0.25, 0.3) is 5.69 Å². The van der Waals surface area contributed by atoms with Crippen LogP contribution in [0.4, 0.5) is 0 Å². The number of aromatic nitrogens is 3. The molecule has 10 heteroatoms. The fraction of sp³-hybridized carbons (Fsp3) is 0.405. The Kier molecular flexibility index (Phi) is 12.8. The molecule has 2 heterocycles. The van der Waals surface area contributed by atoms with Crippen LogP contribution in [-0.2, 0) is 17.6 Å². The number of halogens is 2. The molecule has 1 fully saturated rings. The van der Waals surface area contributed by atoms with Crippen LogP contribution >= 0.6 is 35.0 Å². The second-order valence-electron chi connectivity index (χ2n) is 12.1. The Bertz CT molecular complexity index is 1630. The van der Waals surface area contributed by atoms with E-state index in [9.17, 15) is 9.59 Å². The van der Waals surface area contributed by atoms with Gasteiger partial charge in [-0.1, -0.05) is 97.2 Å². The number of rotatable bonds is 14. The fourth-order valence-corrected chi connectivity index (χ4v) is 7.18. The first kappa shape index (κ1) is 35.0. The van der Waals surface area contributed by atoms with E-state index in [0.717, 1.165) is 52.8 Å². The van der Waals surface area contributed by atoms with Crippen LogP contribution in [0.15, 0.2) is 78.0 Å². The molecule has 7 nitrogen and oxygen atoms in total. The number of hydrogen-bond acceptors (Lipinski definition) is 5. The van der Waals surface area contributed by atoms with Crippen molar-refractivity contribution in [2.45, 2.75) is 76.4 Å². The molecule has 1 aliphatic rings. The first-order valence-electron chi connectivity index (χ1n) is 16.6. The standard InChI is InChI=1S/C37H43Cl2N5O2S/c1-3-4-6-11-28-15-17-30(18-16-28)36(46)43-22-21-42(26-27(43)2)35(45)14-9-10-23-47-37-41-40-34(24-29-12-7-5-8-13-29)44(37)31-19-20-32(38)33(39)25-31/h5,7-8,12-13,15-20,25,27H,3-4,6,9-11,14,21-24,26H2,1-2H3. The van der Waals surface area contributed by atoms with E-state index in [1.807, 2.05) is 63.8 Å². The number of thioether (sulfide) groups is 1. The summed E-state index contributed by atoms with van der Waals surface area (Å²) in [6, 6.07) is 23.7. The molecular weight excluding hydrogens is 649 g/mol. The Balaban J connectivity index is 1.10. The van der Waals surface area contributed by atoms with E-state index in [-0.39, 0.29) is 17.9 Å². The summed E-state index contributed by atoms with van der Waals surface area (Å²) in [5, 5.41) is 10.8. The van der Waals surface area contributed by atoms with E-state index >= 15 is 0 Å². The largest absolute Gasteiger partial charge is 0.339 e. The number of nitrogens with zero attached hydrogens (tertiary/aromatic N) is 5. The Morgan fingerprint density at radius 3 is 2.38 bits per heavy atom. The van der Waals surface area contributed by atoms with Gasteiger partial charge in [-0.25, -0.2) is 0 Å². The van der Waals surface area contributed by atoms with Crippen molar-refractivity contribution in [3.8, 4) is 5.69 Å². The Morgan fingerprint density at radius 1 is 0.872 bits per heavy atom. The number of hydrogen-bond donors (Lipinski definition) is 0. The van der Waals surface area contributed by atoms with Gasteiger partial charge in [-0.15, -0.1) is 10.2 Å².